The fourth-order valence-electron chi connectivity index (χ4n) is 1.06. The number of rotatable bonds is 1. The second-order valence-electron chi connectivity index (χ2n) is 2.55. The number of hydrogen-bond acceptors (Lipinski definition) is 3. The van der Waals surface area contributed by atoms with Gasteiger partial charge in [-0.2, -0.15) is 0 Å². The molecule has 0 amide bonds. The summed E-state index contributed by atoms with van der Waals surface area (Å²) in [6.45, 7) is 5.94. The first-order valence-electron chi connectivity index (χ1n) is 4.68. The number of aromatic nitrogens is 2. The zero-order valence-corrected chi connectivity index (χ0v) is 8.69. The van der Waals surface area contributed by atoms with Crippen molar-refractivity contribution in [2.24, 2.45) is 0 Å². The van der Waals surface area contributed by atoms with E-state index in [1.807, 2.05) is 32.9 Å². The molecule has 0 N–H and O–H groups in total. The van der Waals surface area contributed by atoms with E-state index >= 15 is 0 Å². The molecule has 14 heavy (non-hydrogen) atoms. The van der Waals surface area contributed by atoms with E-state index in [0.29, 0.717) is 0 Å². The van der Waals surface area contributed by atoms with Crippen LogP contribution in [0, 0.1) is 6.92 Å². The molecule has 0 atom stereocenters. The van der Waals surface area contributed by atoms with Crippen LogP contribution in [-0.2, 0) is 0 Å². The molecule has 0 aliphatic heterocycles. The van der Waals surface area contributed by atoms with Crippen molar-refractivity contribution in [1.82, 2.24) is 9.97 Å². The van der Waals surface area contributed by atoms with E-state index in [2.05, 4.69) is 9.97 Å². The number of oxazole rings is 1. The third kappa shape index (κ3) is 2.42. The van der Waals surface area contributed by atoms with Crippen molar-refractivity contribution < 1.29 is 4.42 Å². The highest BCUT2D eigenvalue weighted by atomic mass is 16.3. The highest BCUT2D eigenvalue weighted by Gasteiger charge is 1.99. The first-order valence-corrected chi connectivity index (χ1v) is 4.68. The van der Waals surface area contributed by atoms with Crippen LogP contribution in [0.25, 0.3) is 11.3 Å². The van der Waals surface area contributed by atoms with Crippen LogP contribution >= 0.6 is 0 Å². The van der Waals surface area contributed by atoms with Gasteiger partial charge < -0.3 is 4.42 Å². The molecule has 3 nitrogen and oxygen atoms in total. The van der Waals surface area contributed by atoms with Gasteiger partial charge in [0.25, 0.3) is 0 Å². The average Bonchev–Trinajstić information content (AvgIpc) is 2.74. The maximum absolute atomic E-state index is 5.14. The molecule has 2 aromatic heterocycles. The molecule has 2 rings (SSSR count). The Bertz CT molecular complexity index is 369. The summed E-state index contributed by atoms with van der Waals surface area (Å²) in [6.07, 6.45) is 4.87. The lowest BCUT2D eigenvalue weighted by molar-refractivity contribution is 0.572. The molecule has 0 fully saturated rings. The molecule has 0 aliphatic carbocycles. The molecule has 0 saturated heterocycles. The zero-order chi connectivity index (χ0) is 10.4. The van der Waals surface area contributed by atoms with Gasteiger partial charge in [-0.25, -0.2) is 4.98 Å². The van der Waals surface area contributed by atoms with Crippen LogP contribution in [0.2, 0.25) is 0 Å². The predicted octanol–water partition coefficient (Wildman–Crippen LogP) is 3.07. The third-order valence-electron chi connectivity index (χ3n) is 1.61. The summed E-state index contributed by atoms with van der Waals surface area (Å²) in [6, 6.07) is 3.86. The van der Waals surface area contributed by atoms with Crippen molar-refractivity contribution in [3.63, 3.8) is 0 Å². The zero-order valence-electron chi connectivity index (χ0n) is 8.69. The molecular weight excluding hydrogens is 176 g/mol. The molecule has 0 aliphatic rings. The summed E-state index contributed by atoms with van der Waals surface area (Å²) < 4.78 is 5.14. The molecule has 74 valence electrons. The topological polar surface area (TPSA) is 38.9 Å². The number of pyridine rings is 1. The van der Waals surface area contributed by atoms with E-state index in [4.69, 9.17) is 4.42 Å². The minimum Gasteiger partial charge on any atom is -0.444 e. The minimum absolute atomic E-state index is 0.778. The largest absolute Gasteiger partial charge is 0.444 e. The molecule has 2 heterocycles. The lowest BCUT2D eigenvalue weighted by atomic mass is 10.2. The molecule has 0 unspecified atom stereocenters. The summed E-state index contributed by atoms with van der Waals surface area (Å²) >= 11 is 0. The molecule has 0 spiro atoms. The molecule has 0 bridgehead atoms. The number of hydrogen-bond donors (Lipinski definition) is 0. The van der Waals surface area contributed by atoms with Crippen molar-refractivity contribution >= 4 is 0 Å². The summed E-state index contributed by atoms with van der Waals surface area (Å²) in [5.41, 5.74) is 1.99. The molecule has 2 aromatic rings. The van der Waals surface area contributed by atoms with Gasteiger partial charge in [-0.1, -0.05) is 13.8 Å². The van der Waals surface area contributed by atoms with Crippen LogP contribution in [0.4, 0.5) is 0 Å². The minimum atomic E-state index is 0.778. The molecule has 0 aromatic carbocycles. The number of nitrogens with zero attached hydrogens (tertiary/aromatic N) is 2. The van der Waals surface area contributed by atoms with Crippen molar-refractivity contribution in [1.29, 1.82) is 0 Å². The average molecular weight is 190 g/mol. The van der Waals surface area contributed by atoms with Crippen LogP contribution in [0.5, 0.6) is 0 Å². The normalized spacial score (nSPS) is 9.07. The summed E-state index contributed by atoms with van der Waals surface area (Å²) in [4.78, 5) is 7.93. The van der Waals surface area contributed by atoms with Crippen LogP contribution in [0.1, 0.15) is 19.5 Å². The fraction of sp³-hybridized carbons (Fsp3) is 0.273. The van der Waals surface area contributed by atoms with E-state index < -0.39 is 0 Å². The first kappa shape index (κ1) is 10.4. The Morgan fingerprint density at radius 2 is 2.07 bits per heavy atom. The van der Waals surface area contributed by atoms with E-state index in [1.165, 1.54) is 6.39 Å². The summed E-state index contributed by atoms with van der Waals surface area (Å²) in [5, 5.41) is 0. The van der Waals surface area contributed by atoms with Crippen LogP contribution in [-0.4, -0.2) is 9.97 Å². The highest BCUT2D eigenvalue weighted by Crippen LogP contribution is 2.17. The molecular formula is C11H14N2O. The van der Waals surface area contributed by atoms with Gasteiger partial charge >= 0.3 is 0 Å². The van der Waals surface area contributed by atoms with Gasteiger partial charge in [0.15, 0.2) is 12.2 Å². The number of aryl methyl sites for hydroxylation is 1. The fourth-order valence-corrected chi connectivity index (χ4v) is 1.06. The lowest BCUT2D eigenvalue weighted by Gasteiger charge is -1.95. The Kier molecular flexibility index (Phi) is 3.85. The van der Waals surface area contributed by atoms with Gasteiger partial charge in [-0.3, -0.25) is 4.98 Å². The Morgan fingerprint density at radius 3 is 2.64 bits per heavy atom. The Morgan fingerprint density at radius 1 is 1.29 bits per heavy atom. The van der Waals surface area contributed by atoms with Gasteiger partial charge in [0.05, 0.1) is 6.20 Å². The highest BCUT2D eigenvalue weighted by molar-refractivity contribution is 5.55. The SMILES string of the molecule is CC.Cc1cc(-c2cnco2)ccn1. The van der Waals surface area contributed by atoms with Crippen LogP contribution in [0.3, 0.4) is 0 Å². The third-order valence-corrected chi connectivity index (χ3v) is 1.61. The van der Waals surface area contributed by atoms with Gasteiger partial charge in [0, 0.05) is 17.5 Å². The monoisotopic (exact) mass is 190 g/mol. The van der Waals surface area contributed by atoms with Crippen LogP contribution < -0.4 is 0 Å². The van der Waals surface area contributed by atoms with Crippen molar-refractivity contribution in [2.75, 3.05) is 0 Å². The molecule has 0 radical (unpaired) electrons. The van der Waals surface area contributed by atoms with Gasteiger partial charge in [-0.15, -0.1) is 0 Å². The van der Waals surface area contributed by atoms with Gasteiger partial charge in [0.2, 0.25) is 0 Å². The van der Waals surface area contributed by atoms with Crippen LogP contribution in [0.15, 0.2) is 35.3 Å². The van der Waals surface area contributed by atoms with Crippen molar-refractivity contribution in [2.45, 2.75) is 20.8 Å². The van der Waals surface area contributed by atoms with Crippen molar-refractivity contribution in [3.8, 4) is 11.3 Å². The second kappa shape index (κ2) is 5.17. The Hall–Kier alpha value is -1.64. The maximum atomic E-state index is 5.14. The van der Waals surface area contributed by atoms with Gasteiger partial charge in [-0.05, 0) is 19.1 Å². The molecule has 0 saturated carbocycles. The summed E-state index contributed by atoms with van der Waals surface area (Å²) in [5.74, 6) is 0.778. The lowest BCUT2D eigenvalue weighted by Crippen LogP contribution is -1.80. The first-order chi connectivity index (χ1) is 6.86. The maximum Gasteiger partial charge on any atom is 0.181 e. The standard InChI is InChI=1S/C9H8N2O.C2H6/c1-7-4-8(2-3-11-7)9-5-10-6-12-9;1-2/h2-6H,1H3;1-2H3. The van der Waals surface area contributed by atoms with Gasteiger partial charge in [0.1, 0.15) is 0 Å². The Labute approximate surface area is 83.8 Å². The smallest absolute Gasteiger partial charge is 0.181 e. The predicted molar refractivity (Wildman–Crippen MR) is 55.8 cm³/mol. The van der Waals surface area contributed by atoms with E-state index in [0.717, 1.165) is 17.0 Å². The van der Waals surface area contributed by atoms with E-state index in [9.17, 15) is 0 Å². The quantitative estimate of drug-likeness (QED) is 0.693. The Balaban J connectivity index is 0.000000461. The van der Waals surface area contributed by atoms with E-state index in [1.54, 1.807) is 12.4 Å². The van der Waals surface area contributed by atoms with E-state index in [-0.39, 0.29) is 0 Å². The summed E-state index contributed by atoms with van der Waals surface area (Å²) in [7, 11) is 0. The second-order valence-corrected chi connectivity index (χ2v) is 2.55. The van der Waals surface area contributed by atoms with Crippen molar-refractivity contribution in [3.05, 3.63) is 36.6 Å². The molecule has 3 heteroatoms.